The Hall–Kier alpha value is -4.85. The van der Waals surface area contributed by atoms with Gasteiger partial charge < -0.3 is 9.47 Å². The highest BCUT2D eigenvalue weighted by Gasteiger charge is 2.67. The molecule has 6 atom stereocenters. The van der Waals surface area contributed by atoms with Gasteiger partial charge in [-0.05, 0) is 91.6 Å². The number of imide groups is 1. The van der Waals surface area contributed by atoms with Gasteiger partial charge in [0.2, 0.25) is 11.8 Å². The molecule has 0 aromatic heterocycles. The van der Waals surface area contributed by atoms with Crippen LogP contribution in [0.25, 0.3) is 0 Å². The van der Waals surface area contributed by atoms with E-state index in [2.05, 4.69) is 12.2 Å². The molecule has 0 spiro atoms. The van der Waals surface area contributed by atoms with E-state index in [-0.39, 0.29) is 52.4 Å². The van der Waals surface area contributed by atoms with Crippen molar-refractivity contribution < 1.29 is 33.4 Å². The first kappa shape index (κ1) is 26.1. The molecule has 6 unspecified atom stereocenters. The molecule has 1 aliphatic heterocycles. The fraction of sp³-hybridized carbons (Fsp3) is 0.265. The molecule has 3 aromatic rings. The molecule has 3 aromatic carbocycles. The van der Waals surface area contributed by atoms with Crippen molar-refractivity contribution in [1.82, 2.24) is 0 Å². The molecule has 8 heteroatoms. The highest BCUT2D eigenvalue weighted by atomic mass is 16.5. The maximum Gasteiger partial charge on any atom is 0.343 e. The van der Waals surface area contributed by atoms with Crippen molar-refractivity contribution in [1.29, 1.82) is 0 Å². The van der Waals surface area contributed by atoms with Crippen LogP contribution in [0.3, 0.4) is 0 Å². The third kappa shape index (κ3) is 4.34. The molecule has 8 nitrogen and oxygen atoms in total. The van der Waals surface area contributed by atoms with Crippen molar-refractivity contribution in [2.45, 2.75) is 13.3 Å². The summed E-state index contributed by atoms with van der Waals surface area (Å²) in [7, 11) is 0. The molecule has 5 aliphatic rings. The van der Waals surface area contributed by atoms with Crippen LogP contribution in [0.1, 0.15) is 43.1 Å². The average molecular weight is 562 g/mol. The van der Waals surface area contributed by atoms with Gasteiger partial charge >= 0.3 is 11.9 Å². The van der Waals surface area contributed by atoms with Crippen LogP contribution in [0.5, 0.6) is 5.75 Å². The van der Waals surface area contributed by atoms with Crippen LogP contribution in [0, 0.1) is 42.4 Å². The molecule has 4 aliphatic carbocycles. The average Bonchev–Trinajstić information content (AvgIpc) is 3.79. The van der Waals surface area contributed by atoms with Gasteiger partial charge in [0.15, 0.2) is 12.4 Å². The number of allylic oxidation sites excluding steroid dienone is 2. The van der Waals surface area contributed by atoms with E-state index >= 15 is 0 Å². The largest absolute Gasteiger partial charge is 0.454 e. The molecule has 210 valence electrons. The van der Waals surface area contributed by atoms with E-state index in [0.717, 1.165) is 12.0 Å². The molecule has 0 radical (unpaired) electrons. The van der Waals surface area contributed by atoms with Gasteiger partial charge in [-0.2, -0.15) is 0 Å². The molecule has 0 N–H and O–H groups in total. The van der Waals surface area contributed by atoms with Crippen LogP contribution in [-0.4, -0.2) is 36.1 Å². The number of hydrogen-bond donors (Lipinski definition) is 0. The molecule has 42 heavy (non-hydrogen) atoms. The smallest absolute Gasteiger partial charge is 0.343 e. The van der Waals surface area contributed by atoms with E-state index in [9.17, 15) is 24.0 Å². The van der Waals surface area contributed by atoms with Gasteiger partial charge in [0.25, 0.3) is 0 Å². The highest BCUT2D eigenvalue weighted by Crippen LogP contribution is 2.65. The van der Waals surface area contributed by atoms with Crippen LogP contribution in [0.15, 0.2) is 84.9 Å². The molecular formula is C34H27NO7. The maximum atomic E-state index is 13.4. The zero-order valence-electron chi connectivity index (χ0n) is 22.8. The lowest BCUT2D eigenvalue weighted by atomic mass is 9.63. The SMILES string of the molecule is Cc1ccc(C(=O)Oc2ccc(C(=O)COC(=O)c3cccc(N4C(=O)C5C6C=CC(C7CC67)C5C4=O)c3)cc2)cc1. The highest BCUT2D eigenvalue weighted by molar-refractivity contribution is 6.23. The number of esters is 2. The number of benzene rings is 3. The Morgan fingerprint density at radius 3 is 2.02 bits per heavy atom. The van der Waals surface area contributed by atoms with Gasteiger partial charge in [-0.3, -0.25) is 14.4 Å². The van der Waals surface area contributed by atoms with Crippen LogP contribution >= 0.6 is 0 Å². The Bertz CT molecular complexity index is 1640. The number of carbonyl (C=O) groups excluding carboxylic acids is 5. The van der Waals surface area contributed by atoms with E-state index in [1.54, 1.807) is 24.3 Å². The summed E-state index contributed by atoms with van der Waals surface area (Å²) in [5.41, 5.74) is 2.19. The first-order valence-corrected chi connectivity index (χ1v) is 14.1. The minimum absolute atomic E-state index is 0.111. The molecular weight excluding hydrogens is 534 g/mol. The van der Waals surface area contributed by atoms with Crippen molar-refractivity contribution >= 4 is 35.2 Å². The summed E-state index contributed by atoms with van der Waals surface area (Å²) in [4.78, 5) is 65.9. The van der Waals surface area contributed by atoms with Crippen LogP contribution in [0.2, 0.25) is 0 Å². The number of rotatable bonds is 7. The van der Waals surface area contributed by atoms with Gasteiger partial charge in [0.1, 0.15) is 5.75 Å². The molecule has 1 heterocycles. The zero-order chi connectivity index (χ0) is 29.1. The summed E-state index contributed by atoms with van der Waals surface area (Å²) in [6, 6.07) is 19.2. The number of nitrogens with zero attached hydrogens (tertiary/aromatic N) is 1. The van der Waals surface area contributed by atoms with E-state index in [4.69, 9.17) is 9.47 Å². The van der Waals surface area contributed by atoms with Crippen molar-refractivity contribution in [3.05, 3.63) is 107 Å². The fourth-order valence-electron chi connectivity index (χ4n) is 6.85. The second-order valence-corrected chi connectivity index (χ2v) is 11.5. The van der Waals surface area contributed by atoms with Crippen LogP contribution in [0.4, 0.5) is 5.69 Å². The van der Waals surface area contributed by atoms with E-state index in [1.807, 2.05) is 19.1 Å². The minimum Gasteiger partial charge on any atom is -0.454 e. The molecule has 3 fully saturated rings. The molecule has 2 amide bonds. The summed E-state index contributed by atoms with van der Waals surface area (Å²) in [5, 5.41) is 0. The van der Waals surface area contributed by atoms with Crippen molar-refractivity contribution in [3.63, 3.8) is 0 Å². The standard InChI is InChI=1S/C34H27NO7/c1-18-5-7-20(8-6-18)34(40)42-23-11-9-19(10-12-23)28(36)17-41-33(39)21-3-2-4-22(15-21)35-31(37)29-24-13-14-25(27-16-26(24)27)30(29)32(35)38/h2-15,24-27,29-30H,16-17H2,1H3. The summed E-state index contributed by atoms with van der Waals surface area (Å²) < 4.78 is 10.6. The summed E-state index contributed by atoms with van der Waals surface area (Å²) in [6.07, 6.45) is 5.32. The predicted octanol–water partition coefficient (Wildman–Crippen LogP) is 4.81. The van der Waals surface area contributed by atoms with Crippen molar-refractivity contribution in [3.8, 4) is 5.75 Å². The lowest BCUT2D eigenvalue weighted by molar-refractivity contribution is -0.124. The van der Waals surface area contributed by atoms with Crippen molar-refractivity contribution in [2.24, 2.45) is 35.5 Å². The number of ether oxygens (including phenoxy) is 2. The fourth-order valence-corrected chi connectivity index (χ4v) is 6.85. The second-order valence-electron chi connectivity index (χ2n) is 11.5. The lowest BCUT2D eigenvalue weighted by Gasteiger charge is -2.37. The maximum absolute atomic E-state index is 13.4. The third-order valence-corrected chi connectivity index (χ3v) is 9.01. The number of aryl methyl sites for hydroxylation is 1. The van der Waals surface area contributed by atoms with Crippen LogP contribution in [-0.2, 0) is 14.3 Å². The first-order valence-electron chi connectivity index (χ1n) is 14.1. The third-order valence-electron chi connectivity index (χ3n) is 9.01. The first-order chi connectivity index (χ1) is 20.3. The van der Waals surface area contributed by atoms with Crippen LogP contribution < -0.4 is 9.64 Å². The number of Topliss-reactive ketones (excluding diaryl/α,β-unsaturated/α-hetero) is 1. The summed E-state index contributed by atoms with van der Waals surface area (Å²) in [6.45, 7) is 1.42. The Morgan fingerprint density at radius 1 is 0.762 bits per heavy atom. The Kier molecular flexibility index (Phi) is 6.15. The second kappa shape index (κ2) is 9.91. The molecule has 2 bridgehead atoms. The van der Waals surface area contributed by atoms with E-state index < -0.39 is 24.3 Å². The van der Waals surface area contributed by atoms with Gasteiger partial charge in [-0.15, -0.1) is 0 Å². The Labute approximate surface area is 241 Å². The summed E-state index contributed by atoms with van der Waals surface area (Å²) >= 11 is 0. The minimum atomic E-state index is -0.742. The van der Waals surface area contributed by atoms with Gasteiger partial charge in [-0.25, -0.2) is 14.5 Å². The number of hydrogen-bond acceptors (Lipinski definition) is 7. The quantitative estimate of drug-likeness (QED) is 0.134. The zero-order valence-corrected chi connectivity index (χ0v) is 22.8. The number of ketones is 1. The Balaban J connectivity index is 0.977. The van der Waals surface area contributed by atoms with E-state index in [1.165, 1.54) is 41.3 Å². The van der Waals surface area contributed by atoms with Gasteiger partial charge in [-0.1, -0.05) is 35.9 Å². The number of anilines is 1. The van der Waals surface area contributed by atoms with Gasteiger partial charge in [0.05, 0.1) is 28.7 Å². The number of amides is 2. The van der Waals surface area contributed by atoms with Gasteiger partial charge in [0, 0.05) is 5.56 Å². The monoisotopic (exact) mass is 561 g/mol. The molecule has 1 saturated heterocycles. The van der Waals surface area contributed by atoms with Crippen molar-refractivity contribution in [2.75, 3.05) is 11.5 Å². The normalized spacial score (nSPS) is 26.5. The summed E-state index contributed by atoms with van der Waals surface area (Å²) in [5.74, 6) is -1.27. The molecule has 2 saturated carbocycles. The van der Waals surface area contributed by atoms with E-state index in [0.29, 0.717) is 23.1 Å². The number of carbonyl (C=O) groups is 5. The predicted molar refractivity (Wildman–Crippen MR) is 151 cm³/mol. The lowest BCUT2D eigenvalue weighted by Crippen LogP contribution is -2.40. The topological polar surface area (TPSA) is 107 Å². The molecule has 8 rings (SSSR count). The Morgan fingerprint density at radius 2 is 1.38 bits per heavy atom.